The van der Waals surface area contributed by atoms with Gasteiger partial charge in [0.15, 0.2) is 0 Å². The van der Waals surface area contributed by atoms with Gasteiger partial charge in [-0.05, 0) is 42.7 Å². The predicted octanol–water partition coefficient (Wildman–Crippen LogP) is 3.60. The normalized spacial score (nSPS) is 34.5. The minimum absolute atomic E-state index is 0.123. The molecule has 1 aliphatic carbocycles. The maximum absolute atomic E-state index is 11.0. The molecule has 0 bridgehead atoms. The molecule has 1 saturated carbocycles. The molecule has 0 heterocycles. The molecule has 13 heavy (non-hydrogen) atoms. The van der Waals surface area contributed by atoms with Gasteiger partial charge in [0.05, 0.1) is 0 Å². The van der Waals surface area contributed by atoms with Crippen LogP contribution in [-0.2, 0) is 4.79 Å². The number of carbonyl (C=O) groups excluding carboxylic acids is 1. The fourth-order valence-corrected chi connectivity index (χ4v) is 2.84. The van der Waals surface area contributed by atoms with Crippen molar-refractivity contribution in [1.82, 2.24) is 0 Å². The third-order valence-electron chi connectivity index (χ3n) is 3.27. The van der Waals surface area contributed by atoms with E-state index in [2.05, 4.69) is 13.8 Å². The Morgan fingerprint density at radius 2 is 2.15 bits per heavy atom. The van der Waals surface area contributed by atoms with E-state index in [9.17, 15) is 4.79 Å². The number of hydrogen-bond acceptors (Lipinski definition) is 1. The average molecular weight is 203 g/mol. The molecule has 1 rings (SSSR count). The van der Waals surface area contributed by atoms with Gasteiger partial charge in [-0.2, -0.15) is 0 Å². The molecule has 0 unspecified atom stereocenters. The highest BCUT2D eigenvalue weighted by Crippen LogP contribution is 2.36. The number of hydrogen-bond donors (Lipinski definition) is 0. The van der Waals surface area contributed by atoms with E-state index < -0.39 is 0 Å². The van der Waals surface area contributed by atoms with Gasteiger partial charge in [0.1, 0.15) is 0 Å². The second kappa shape index (κ2) is 4.99. The van der Waals surface area contributed by atoms with Crippen LogP contribution in [0.25, 0.3) is 0 Å². The van der Waals surface area contributed by atoms with E-state index in [1.807, 2.05) is 0 Å². The van der Waals surface area contributed by atoms with Crippen molar-refractivity contribution in [2.45, 2.75) is 46.0 Å². The van der Waals surface area contributed by atoms with Crippen molar-refractivity contribution in [3.05, 3.63) is 0 Å². The quantitative estimate of drug-likeness (QED) is 0.640. The Balaban J connectivity index is 2.42. The second-order valence-corrected chi connectivity index (χ2v) is 4.73. The van der Waals surface area contributed by atoms with Crippen LogP contribution in [0.2, 0.25) is 0 Å². The van der Waals surface area contributed by atoms with E-state index in [1.165, 1.54) is 25.7 Å². The Morgan fingerprint density at radius 3 is 2.62 bits per heavy atom. The fourth-order valence-electron chi connectivity index (χ4n) is 2.52. The maximum Gasteiger partial charge on any atom is 0.224 e. The van der Waals surface area contributed by atoms with Crippen LogP contribution in [0.1, 0.15) is 46.0 Å². The van der Waals surface area contributed by atoms with Crippen molar-refractivity contribution in [3.63, 3.8) is 0 Å². The van der Waals surface area contributed by atoms with Crippen LogP contribution in [0.15, 0.2) is 0 Å². The Hall–Kier alpha value is -0.0400. The van der Waals surface area contributed by atoms with Gasteiger partial charge in [-0.1, -0.05) is 26.7 Å². The van der Waals surface area contributed by atoms with Crippen LogP contribution in [0.3, 0.4) is 0 Å². The minimum atomic E-state index is -0.123. The SMILES string of the molecule is CCC[C@H]1CC[C@H](C(=O)Cl)[C@@H](C)C1. The number of carbonyl (C=O) groups is 1. The summed E-state index contributed by atoms with van der Waals surface area (Å²) in [7, 11) is 0. The van der Waals surface area contributed by atoms with Gasteiger partial charge in [0, 0.05) is 5.92 Å². The molecule has 0 spiro atoms. The Bertz CT molecular complexity index is 179. The van der Waals surface area contributed by atoms with Crippen molar-refractivity contribution >= 4 is 16.8 Å². The zero-order valence-electron chi connectivity index (χ0n) is 8.55. The lowest BCUT2D eigenvalue weighted by molar-refractivity contribution is -0.117. The molecule has 0 radical (unpaired) electrons. The van der Waals surface area contributed by atoms with Gasteiger partial charge >= 0.3 is 0 Å². The first-order valence-electron chi connectivity index (χ1n) is 5.34. The molecular weight excluding hydrogens is 184 g/mol. The molecule has 0 saturated heterocycles. The van der Waals surface area contributed by atoms with Gasteiger partial charge in [-0.25, -0.2) is 0 Å². The lowest BCUT2D eigenvalue weighted by Gasteiger charge is -2.31. The van der Waals surface area contributed by atoms with E-state index in [4.69, 9.17) is 11.6 Å². The maximum atomic E-state index is 11.0. The Labute approximate surface area is 85.8 Å². The van der Waals surface area contributed by atoms with Crippen LogP contribution in [0.4, 0.5) is 0 Å². The fraction of sp³-hybridized carbons (Fsp3) is 0.909. The predicted molar refractivity (Wildman–Crippen MR) is 55.8 cm³/mol. The topological polar surface area (TPSA) is 17.1 Å². The molecule has 76 valence electrons. The zero-order valence-corrected chi connectivity index (χ0v) is 9.31. The van der Waals surface area contributed by atoms with Crippen LogP contribution >= 0.6 is 11.6 Å². The van der Waals surface area contributed by atoms with Gasteiger partial charge < -0.3 is 0 Å². The van der Waals surface area contributed by atoms with Crippen LogP contribution in [0, 0.1) is 17.8 Å². The van der Waals surface area contributed by atoms with Gasteiger partial charge in [-0.15, -0.1) is 0 Å². The zero-order chi connectivity index (χ0) is 9.84. The molecule has 1 fully saturated rings. The monoisotopic (exact) mass is 202 g/mol. The first kappa shape index (κ1) is 11.0. The number of rotatable bonds is 3. The van der Waals surface area contributed by atoms with Crippen molar-refractivity contribution in [2.24, 2.45) is 17.8 Å². The minimum Gasteiger partial charge on any atom is -0.281 e. The van der Waals surface area contributed by atoms with Crippen molar-refractivity contribution in [3.8, 4) is 0 Å². The molecule has 1 nitrogen and oxygen atoms in total. The summed E-state index contributed by atoms with van der Waals surface area (Å²) in [5.41, 5.74) is 0. The summed E-state index contributed by atoms with van der Waals surface area (Å²) in [5.74, 6) is 1.47. The molecule has 0 aromatic rings. The van der Waals surface area contributed by atoms with Crippen LogP contribution in [0.5, 0.6) is 0 Å². The summed E-state index contributed by atoms with van der Waals surface area (Å²) in [6.45, 7) is 4.39. The standard InChI is InChI=1S/C11H19ClO/c1-3-4-9-5-6-10(11(12)13)8(2)7-9/h8-10H,3-7H2,1-2H3/t8-,9-,10-/m0/s1. The third kappa shape index (κ3) is 2.98. The van der Waals surface area contributed by atoms with E-state index in [0.29, 0.717) is 5.92 Å². The van der Waals surface area contributed by atoms with Crippen LogP contribution in [-0.4, -0.2) is 5.24 Å². The van der Waals surface area contributed by atoms with Crippen molar-refractivity contribution in [2.75, 3.05) is 0 Å². The highest BCUT2D eigenvalue weighted by Gasteiger charge is 2.30. The summed E-state index contributed by atoms with van der Waals surface area (Å²) in [5, 5.41) is -0.123. The smallest absolute Gasteiger partial charge is 0.224 e. The summed E-state index contributed by atoms with van der Waals surface area (Å²) >= 11 is 5.54. The van der Waals surface area contributed by atoms with Gasteiger partial charge in [-0.3, -0.25) is 4.79 Å². The molecule has 0 aromatic heterocycles. The van der Waals surface area contributed by atoms with Crippen molar-refractivity contribution < 1.29 is 4.79 Å². The van der Waals surface area contributed by atoms with Crippen molar-refractivity contribution in [1.29, 1.82) is 0 Å². The average Bonchev–Trinajstić information content (AvgIpc) is 2.04. The summed E-state index contributed by atoms with van der Waals surface area (Å²) in [4.78, 5) is 11.0. The lowest BCUT2D eigenvalue weighted by atomic mass is 9.74. The molecular formula is C11H19ClO. The summed E-state index contributed by atoms with van der Waals surface area (Å²) in [6.07, 6.45) is 5.97. The second-order valence-electron chi connectivity index (χ2n) is 4.36. The molecule has 0 amide bonds. The molecule has 2 heteroatoms. The molecule has 1 aliphatic rings. The largest absolute Gasteiger partial charge is 0.281 e. The molecule has 0 aliphatic heterocycles. The van der Waals surface area contributed by atoms with E-state index in [1.54, 1.807) is 0 Å². The lowest BCUT2D eigenvalue weighted by Crippen LogP contribution is -2.26. The first-order chi connectivity index (χ1) is 6.15. The number of halogens is 1. The Morgan fingerprint density at radius 1 is 1.46 bits per heavy atom. The third-order valence-corrected chi connectivity index (χ3v) is 3.55. The molecule has 0 N–H and O–H groups in total. The highest BCUT2D eigenvalue weighted by molar-refractivity contribution is 6.64. The first-order valence-corrected chi connectivity index (χ1v) is 5.72. The summed E-state index contributed by atoms with van der Waals surface area (Å²) in [6, 6.07) is 0. The van der Waals surface area contributed by atoms with Crippen LogP contribution < -0.4 is 0 Å². The van der Waals surface area contributed by atoms with E-state index >= 15 is 0 Å². The molecule has 3 atom stereocenters. The molecule has 0 aromatic carbocycles. The van der Waals surface area contributed by atoms with E-state index in [-0.39, 0.29) is 11.2 Å². The highest BCUT2D eigenvalue weighted by atomic mass is 35.5. The summed E-state index contributed by atoms with van der Waals surface area (Å²) < 4.78 is 0. The van der Waals surface area contributed by atoms with Gasteiger partial charge in [0.25, 0.3) is 0 Å². The van der Waals surface area contributed by atoms with Gasteiger partial charge in [0.2, 0.25) is 5.24 Å². The Kier molecular flexibility index (Phi) is 4.24. The van der Waals surface area contributed by atoms with E-state index in [0.717, 1.165) is 12.3 Å².